The third-order valence-corrected chi connectivity index (χ3v) is 7.25. The second-order valence-electron chi connectivity index (χ2n) is 9.77. The molecule has 0 saturated heterocycles. The number of hydrogen-bond donors (Lipinski definition) is 2. The summed E-state index contributed by atoms with van der Waals surface area (Å²) < 4.78 is 57.2. The summed E-state index contributed by atoms with van der Waals surface area (Å²) in [7, 11) is 3.44. The summed E-state index contributed by atoms with van der Waals surface area (Å²) in [5, 5.41) is 5.67. The molecule has 0 aliphatic heterocycles. The lowest BCUT2D eigenvalue weighted by Gasteiger charge is -2.22. The molecule has 1 heterocycles. The molecule has 0 fully saturated rings. The quantitative estimate of drug-likeness (QED) is 0.124. The summed E-state index contributed by atoms with van der Waals surface area (Å²) in [6, 6.07) is 9.57. The van der Waals surface area contributed by atoms with E-state index < -0.39 is 29.4 Å². The van der Waals surface area contributed by atoms with Gasteiger partial charge in [-0.05, 0) is 82.6 Å². The maximum Gasteiger partial charge on any atom is 0.441 e. The number of benzene rings is 2. The predicted molar refractivity (Wildman–Crippen MR) is 156 cm³/mol. The largest absolute Gasteiger partial charge is 0.465 e. The molecule has 42 heavy (non-hydrogen) atoms. The zero-order chi connectivity index (χ0) is 30.9. The van der Waals surface area contributed by atoms with Crippen LogP contribution in [-0.4, -0.2) is 65.4 Å². The van der Waals surface area contributed by atoms with Crippen molar-refractivity contribution in [3.63, 3.8) is 0 Å². The number of anilines is 2. The minimum atomic E-state index is -4.21. The summed E-state index contributed by atoms with van der Waals surface area (Å²) in [5.41, 5.74) is -2.20. The first-order valence-corrected chi connectivity index (χ1v) is 14.4. The molecule has 228 valence electrons. The first-order chi connectivity index (χ1) is 19.9. The number of fused-ring (bicyclic) bond motifs is 1. The number of aromatic nitrogens is 1. The number of hydrogen-bond acceptors (Lipinski definition) is 6. The van der Waals surface area contributed by atoms with Crippen molar-refractivity contribution in [3.05, 3.63) is 60.0 Å². The van der Waals surface area contributed by atoms with E-state index in [1.165, 1.54) is 29.0 Å². The monoisotopic (exact) mass is 610 g/mol. The maximum atomic E-state index is 14.1. The van der Waals surface area contributed by atoms with E-state index in [1.54, 1.807) is 50.2 Å². The van der Waals surface area contributed by atoms with E-state index >= 15 is 0 Å². The number of halogens is 4. The first-order valence-electron chi connectivity index (χ1n) is 13.4. The molecule has 0 aliphatic carbocycles. The molecule has 8 nitrogen and oxygen atoms in total. The molecule has 13 heteroatoms. The number of esters is 1. The highest BCUT2D eigenvalue weighted by Gasteiger charge is 2.27. The topological polar surface area (TPSA) is 92.7 Å². The molecule has 0 spiro atoms. The molecule has 1 aromatic heterocycles. The standard InChI is InChI=1S/C29H34F4N4O4S/c1-4-41-27(39)25(36(2)3)14-15-26(38)37-18-23(22-17-20(30)10-13-24(22)37)35-28(40)34-21-11-8-19(9-12-21)7-5-6-16-42-29(31,32)33/h8-13,17-18,25H,4-7,14-16H2,1-3H3,(H2,34,35,40). The van der Waals surface area contributed by atoms with Gasteiger partial charge in [-0.25, -0.2) is 9.18 Å². The van der Waals surface area contributed by atoms with Gasteiger partial charge in [0.2, 0.25) is 5.91 Å². The summed E-state index contributed by atoms with van der Waals surface area (Å²) in [5.74, 6) is -1.30. The van der Waals surface area contributed by atoms with Crippen LogP contribution in [0.1, 0.15) is 43.0 Å². The zero-order valence-electron chi connectivity index (χ0n) is 23.6. The lowest BCUT2D eigenvalue weighted by atomic mass is 10.1. The van der Waals surface area contributed by atoms with Gasteiger partial charge in [-0.1, -0.05) is 23.9 Å². The minimum Gasteiger partial charge on any atom is -0.465 e. The van der Waals surface area contributed by atoms with E-state index in [2.05, 4.69) is 10.6 Å². The van der Waals surface area contributed by atoms with Crippen LogP contribution in [0.3, 0.4) is 0 Å². The molecule has 2 aromatic carbocycles. The number of likely N-dealkylation sites (N-methyl/N-ethyl adjacent to an activating group) is 1. The number of amides is 2. The van der Waals surface area contributed by atoms with Gasteiger partial charge in [0, 0.05) is 29.4 Å². The summed E-state index contributed by atoms with van der Waals surface area (Å²) in [4.78, 5) is 39.9. The van der Waals surface area contributed by atoms with Gasteiger partial charge in [-0.15, -0.1) is 0 Å². The van der Waals surface area contributed by atoms with E-state index in [4.69, 9.17) is 4.74 Å². The fourth-order valence-electron chi connectivity index (χ4n) is 4.37. The van der Waals surface area contributed by atoms with Crippen LogP contribution in [0.5, 0.6) is 0 Å². The summed E-state index contributed by atoms with van der Waals surface area (Å²) >= 11 is -0.0242. The van der Waals surface area contributed by atoms with E-state index in [1.807, 2.05) is 0 Å². The number of rotatable bonds is 13. The molecule has 3 rings (SSSR count). The minimum absolute atomic E-state index is 0.00195. The molecule has 0 bridgehead atoms. The van der Waals surface area contributed by atoms with Crippen molar-refractivity contribution < 1.29 is 36.7 Å². The second kappa shape index (κ2) is 15.1. The van der Waals surface area contributed by atoms with Crippen LogP contribution in [0.4, 0.5) is 33.7 Å². The Morgan fingerprint density at radius 2 is 1.76 bits per heavy atom. The molecule has 0 aliphatic rings. The Kier molecular flexibility index (Phi) is 11.8. The number of aryl methyl sites for hydroxylation is 1. The van der Waals surface area contributed by atoms with Crippen molar-refractivity contribution in [2.45, 2.75) is 50.6 Å². The van der Waals surface area contributed by atoms with E-state index in [0.29, 0.717) is 35.9 Å². The predicted octanol–water partition coefficient (Wildman–Crippen LogP) is 6.91. The Hall–Kier alpha value is -3.58. The highest BCUT2D eigenvalue weighted by atomic mass is 32.2. The molecule has 1 unspecified atom stereocenters. The number of nitrogens with zero attached hydrogens (tertiary/aromatic N) is 2. The van der Waals surface area contributed by atoms with Crippen molar-refractivity contribution in [1.29, 1.82) is 0 Å². The highest BCUT2D eigenvalue weighted by molar-refractivity contribution is 8.00. The van der Waals surface area contributed by atoms with Crippen LogP contribution in [0.15, 0.2) is 48.7 Å². The molecule has 1 atom stereocenters. The molecule has 3 aromatic rings. The first kappa shape index (κ1) is 32.9. The Morgan fingerprint density at radius 1 is 1.05 bits per heavy atom. The molecule has 0 radical (unpaired) electrons. The number of thioether (sulfide) groups is 1. The van der Waals surface area contributed by atoms with Crippen molar-refractivity contribution in [1.82, 2.24) is 9.47 Å². The lowest BCUT2D eigenvalue weighted by molar-refractivity contribution is -0.148. The van der Waals surface area contributed by atoms with Crippen LogP contribution in [0.25, 0.3) is 10.9 Å². The van der Waals surface area contributed by atoms with Crippen molar-refractivity contribution in [2.24, 2.45) is 0 Å². The van der Waals surface area contributed by atoms with Crippen molar-refractivity contribution >= 4 is 51.9 Å². The molecular weight excluding hydrogens is 576 g/mol. The van der Waals surface area contributed by atoms with Gasteiger partial charge in [-0.2, -0.15) is 13.2 Å². The Labute approximate surface area is 245 Å². The van der Waals surface area contributed by atoms with Gasteiger partial charge < -0.3 is 15.4 Å². The zero-order valence-corrected chi connectivity index (χ0v) is 24.4. The van der Waals surface area contributed by atoms with Gasteiger partial charge in [0.1, 0.15) is 11.9 Å². The average molecular weight is 611 g/mol. The van der Waals surface area contributed by atoms with Gasteiger partial charge in [0.05, 0.1) is 17.8 Å². The Balaban J connectivity index is 1.63. The third kappa shape index (κ3) is 9.76. The number of urea groups is 1. The number of carbonyl (C=O) groups is 3. The fraction of sp³-hybridized carbons (Fsp3) is 0.414. The molecule has 0 saturated carbocycles. The Bertz CT molecular complexity index is 1380. The highest BCUT2D eigenvalue weighted by Crippen LogP contribution is 2.31. The fourth-order valence-corrected chi connectivity index (χ4v) is 4.95. The van der Waals surface area contributed by atoms with Crippen LogP contribution in [0.2, 0.25) is 0 Å². The third-order valence-electron chi connectivity index (χ3n) is 6.43. The van der Waals surface area contributed by atoms with E-state index in [0.717, 1.165) is 5.56 Å². The average Bonchev–Trinajstić information content (AvgIpc) is 3.26. The number of carbonyl (C=O) groups excluding carboxylic acids is 3. The van der Waals surface area contributed by atoms with E-state index in [-0.39, 0.29) is 48.6 Å². The normalized spacial score (nSPS) is 12.4. The van der Waals surface area contributed by atoms with Crippen LogP contribution in [-0.2, 0) is 16.0 Å². The number of unbranched alkanes of at least 4 members (excludes halogenated alkanes) is 1. The maximum absolute atomic E-state index is 14.1. The number of ether oxygens (including phenoxy) is 1. The lowest BCUT2D eigenvalue weighted by Crippen LogP contribution is -2.37. The molecular formula is C29H34F4N4O4S. The summed E-state index contributed by atoms with van der Waals surface area (Å²) in [6.45, 7) is 1.93. The number of nitrogens with one attached hydrogen (secondary N) is 2. The van der Waals surface area contributed by atoms with Gasteiger partial charge in [0.25, 0.3) is 0 Å². The van der Waals surface area contributed by atoms with Gasteiger partial charge >= 0.3 is 17.5 Å². The molecule has 2 N–H and O–H groups in total. The SMILES string of the molecule is CCOC(=O)C(CCC(=O)n1cc(NC(=O)Nc2ccc(CCCCSC(F)(F)F)cc2)c2cc(F)ccc21)N(C)C. The van der Waals surface area contributed by atoms with Gasteiger partial charge in [-0.3, -0.25) is 19.1 Å². The van der Waals surface area contributed by atoms with Crippen LogP contribution in [0, 0.1) is 5.82 Å². The van der Waals surface area contributed by atoms with E-state index in [9.17, 15) is 31.9 Å². The van der Waals surface area contributed by atoms with Crippen molar-refractivity contribution in [3.8, 4) is 0 Å². The smallest absolute Gasteiger partial charge is 0.441 e. The van der Waals surface area contributed by atoms with Crippen LogP contribution >= 0.6 is 11.8 Å². The van der Waals surface area contributed by atoms with Crippen LogP contribution < -0.4 is 10.6 Å². The van der Waals surface area contributed by atoms with Gasteiger partial charge in [0.15, 0.2) is 0 Å². The summed E-state index contributed by atoms with van der Waals surface area (Å²) in [6.07, 6.45) is 3.28. The molecule has 2 amide bonds. The van der Waals surface area contributed by atoms with Crippen molar-refractivity contribution in [2.75, 3.05) is 37.1 Å². The number of alkyl halides is 3. The second-order valence-corrected chi connectivity index (χ2v) is 10.9. The Morgan fingerprint density at radius 3 is 2.40 bits per heavy atom.